The Labute approximate surface area is 158 Å². The van der Waals surface area contributed by atoms with Crippen LogP contribution in [0.5, 0.6) is 0 Å². The second-order valence-corrected chi connectivity index (χ2v) is 11.1. The highest BCUT2D eigenvalue weighted by atomic mass is 32.1. The second-order valence-electron chi connectivity index (χ2n) is 4.87. The van der Waals surface area contributed by atoms with Crippen molar-refractivity contribution in [2.75, 3.05) is 39.6 Å². The van der Waals surface area contributed by atoms with E-state index in [0.717, 1.165) is 9.69 Å². The average molecular weight is 409 g/mol. The summed E-state index contributed by atoms with van der Waals surface area (Å²) >= 11 is 1.56. The van der Waals surface area contributed by atoms with E-state index in [1.54, 1.807) is 11.3 Å². The Morgan fingerprint density at radius 1 is 0.640 bits per heavy atom. The van der Waals surface area contributed by atoms with Gasteiger partial charge in [-0.05, 0) is 53.0 Å². The van der Waals surface area contributed by atoms with Gasteiger partial charge in [-0.2, -0.15) is 0 Å². The summed E-state index contributed by atoms with van der Waals surface area (Å²) < 4.78 is 37.4. The molecule has 0 atom stereocenters. The molecule has 1 aromatic heterocycles. The highest BCUT2D eigenvalue weighted by molar-refractivity contribution is 7.25. The second kappa shape index (κ2) is 11.6. The van der Waals surface area contributed by atoms with Crippen molar-refractivity contribution in [2.24, 2.45) is 0 Å². The molecule has 0 spiro atoms. The van der Waals surface area contributed by atoms with Crippen LogP contribution >= 0.6 is 11.3 Å². The predicted molar refractivity (Wildman–Crippen MR) is 105 cm³/mol. The monoisotopic (exact) mass is 408 g/mol. The van der Waals surface area contributed by atoms with Crippen molar-refractivity contribution in [3.05, 3.63) is 11.4 Å². The van der Waals surface area contributed by atoms with E-state index in [0.29, 0.717) is 39.6 Å². The maximum Gasteiger partial charge on any atom is 0.547 e. The first-order valence-corrected chi connectivity index (χ1v) is 13.3. The molecule has 0 aliphatic carbocycles. The summed E-state index contributed by atoms with van der Waals surface area (Å²) in [6.07, 6.45) is 0. The topological polar surface area (TPSA) is 55.4 Å². The third kappa shape index (κ3) is 5.44. The lowest BCUT2D eigenvalue weighted by Gasteiger charge is -2.33. The minimum atomic E-state index is -3.06. The number of hydrogen-bond donors (Lipinski definition) is 0. The summed E-state index contributed by atoms with van der Waals surface area (Å²) in [5, 5.41) is 2.91. The Morgan fingerprint density at radius 3 is 1.36 bits per heavy atom. The molecule has 0 aromatic carbocycles. The number of hydrogen-bond acceptors (Lipinski definition) is 7. The zero-order valence-electron chi connectivity index (χ0n) is 16.3. The van der Waals surface area contributed by atoms with Gasteiger partial charge < -0.3 is 26.6 Å². The Hall–Kier alpha value is -0.106. The fourth-order valence-electron chi connectivity index (χ4n) is 2.61. The molecular weight excluding hydrogens is 376 g/mol. The van der Waals surface area contributed by atoms with E-state index in [1.165, 1.54) is 0 Å². The van der Waals surface area contributed by atoms with Crippen LogP contribution in [0, 0.1) is 0 Å². The van der Waals surface area contributed by atoms with Gasteiger partial charge in [-0.3, -0.25) is 0 Å². The Bertz CT molecular complexity index is 410. The van der Waals surface area contributed by atoms with Crippen molar-refractivity contribution in [3.8, 4) is 0 Å². The summed E-state index contributed by atoms with van der Waals surface area (Å²) in [5.74, 6) is 0. The lowest BCUT2D eigenvalue weighted by Crippen LogP contribution is -2.68. The van der Waals surface area contributed by atoms with Crippen LogP contribution in [-0.4, -0.2) is 57.3 Å². The largest absolute Gasteiger partial charge is 0.547 e. The van der Waals surface area contributed by atoms with E-state index in [2.05, 4.69) is 0 Å². The van der Waals surface area contributed by atoms with Crippen LogP contribution in [0.15, 0.2) is 11.4 Å². The summed E-state index contributed by atoms with van der Waals surface area (Å²) in [5.41, 5.74) is 0. The van der Waals surface area contributed by atoms with Gasteiger partial charge in [-0.1, -0.05) is 0 Å². The molecule has 25 heavy (non-hydrogen) atoms. The number of thiophene rings is 1. The molecule has 9 heteroatoms. The average Bonchev–Trinajstić information content (AvgIpc) is 3.07. The normalized spacial score (nSPS) is 12.7. The summed E-state index contributed by atoms with van der Waals surface area (Å²) in [6, 6.07) is 2.01. The molecule has 0 radical (unpaired) electrons. The highest BCUT2D eigenvalue weighted by Gasteiger charge is 2.54. The van der Waals surface area contributed by atoms with Crippen LogP contribution in [0.2, 0.25) is 0 Å². The van der Waals surface area contributed by atoms with Crippen LogP contribution in [0.4, 0.5) is 0 Å². The molecule has 1 heterocycles. The standard InChI is InChI=1S/C16H32O6SSi2/c1-7-17-24(18-8-2,19-9-3)15-13-14-23-16(15)25(20-10-4,21-11-5)22-12-6/h13-14H,7-12H2,1-6H3. The van der Waals surface area contributed by atoms with Crippen LogP contribution < -0.4 is 9.69 Å². The minimum Gasteiger partial charge on any atom is -0.370 e. The lowest BCUT2D eigenvalue weighted by atomic mass is 10.7. The zero-order valence-corrected chi connectivity index (χ0v) is 19.1. The van der Waals surface area contributed by atoms with Crippen molar-refractivity contribution in [3.63, 3.8) is 0 Å². The molecule has 1 rings (SSSR count). The maximum atomic E-state index is 6.09. The maximum absolute atomic E-state index is 6.09. The first-order chi connectivity index (χ1) is 12.1. The van der Waals surface area contributed by atoms with Crippen LogP contribution in [0.25, 0.3) is 0 Å². The SMILES string of the molecule is CCO[Si](OCC)(OCC)c1ccsc1[Si](OCC)(OCC)OCC. The van der Waals surface area contributed by atoms with Gasteiger partial charge in [0.25, 0.3) is 0 Å². The summed E-state index contributed by atoms with van der Waals surface area (Å²) in [4.78, 5) is 0. The zero-order chi connectivity index (χ0) is 18.8. The van der Waals surface area contributed by atoms with Gasteiger partial charge in [-0.15, -0.1) is 11.3 Å². The molecule has 0 bridgehead atoms. The van der Waals surface area contributed by atoms with Crippen molar-refractivity contribution in [1.29, 1.82) is 0 Å². The molecule has 0 saturated carbocycles. The van der Waals surface area contributed by atoms with Gasteiger partial charge in [0.2, 0.25) is 0 Å². The summed E-state index contributed by atoms with van der Waals surface area (Å²) in [7, 11) is -6.10. The Balaban J connectivity index is 3.48. The number of rotatable bonds is 14. The highest BCUT2D eigenvalue weighted by Crippen LogP contribution is 2.18. The van der Waals surface area contributed by atoms with Crippen LogP contribution in [-0.2, 0) is 26.6 Å². The van der Waals surface area contributed by atoms with Gasteiger partial charge >= 0.3 is 17.6 Å². The van der Waals surface area contributed by atoms with E-state index in [9.17, 15) is 0 Å². The van der Waals surface area contributed by atoms with Crippen molar-refractivity contribution in [2.45, 2.75) is 41.5 Å². The van der Waals surface area contributed by atoms with Gasteiger partial charge in [-0.25, -0.2) is 0 Å². The smallest absolute Gasteiger partial charge is 0.370 e. The molecule has 0 amide bonds. The van der Waals surface area contributed by atoms with Gasteiger partial charge in [0, 0.05) is 44.8 Å². The van der Waals surface area contributed by atoms with E-state index in [-0.39, 0.29) is 0 Å². The van der Waals surface area contributed by atoms with Crippen molar-refractivity contribution >= 4 is 38.6 Å². The van der Waals surface area contributed by atoms with Gasteiger partial charge in [0.1, 0.15) is 0 Å². The molecular formula is C16H32O6SSi2. The molecule has 1 aromatic rings. The van der Waals surface area contributed by atoms with E-state index in [1.807, 2.05) is 53.0 Å². The molecule has 0 aliphatic rings. The van der Waals surface area contributed by atoms with E-state index in [4.69, 9.17) is 26.6 Å². The Morgan fingerprint density at radius 2 is 1.00 bits per heavy atom. The molecule has 0 aliphatic heterocycles. The predicted octanol–water partition coefficient (Wildman–Crippen LogP) is 2.26. The quantitative estimate of drug-likeness (QED) is 0.440. The van der Waals surface area contributed by atoms with Crippen LogP contribution in [0.1, 0.15) is 41.5 Å². The molecule has 0 unspecified atom stereocenters. The first kappa shape index (κ1) is 22.9. The lowest BCUT2D eigenvalue weighted by molar-refractivity contribution is 0.0812. The van der Waals surface area contributed by atoms with Crippen LogP contribution in [0.3, 0.4) is 0 Å². The first-order valence-electron chi connectivity index (χ1n) is 9.01. The van der Waals surface area contributed by atoms with Gasteiger partial charge in [0.15, 0.2) is 0 Å². The minimum absolute atomic E-state index is 0.508. The van der Waals surface area contributed by atoms with Gasteiger partial charge in [0.05, 0.1) is 4.50 Å². The molecule has 146 valence electrons. The van der Waals surface area contributed by atoms with Crippen molar-refractivity contribution in [1.82, 2.24) is 0 Å². The molecule has 0 fully saturated rings. The summed E-state index contributed by atoms with van der Waals surface area (Å²) in [6.45, 7) is 14.7. The molecule has 6 nitrogen and oxygen atoms in total. The molecule has 0 N–H and O–H groups in total. The fraction of sp³-hybridized carbons (Fsp3) is 0.750. The van der Waals surface area contributed by atoms with E-state index < -0.39 is 17.6 Å². The molecule has 0 saturated heterocycles. The third-order valence-corrected chi connectivity index (χ3v) is 11.5. The third-order valence-electron chi connectivity index (χ3n) is 3.28. The van der Waals surface area contributed by atoms with Crippen molar-refractivity contribution < 1.29 is 26.6 Å². The fourth-order valence-corrected chi connectivity index (χ4v) is 10.7. The van der Waals surface area contributed by atoms with E-state index >= 15 is 0 Å². The Kier molecular flexibility index (Phi) is 10.6.